The predicted molar refractivity (Wildman–Crippen MR) is 75.6 cm³/mol. The van der Waals surface area contributed by atoms with Crippen molar-refractivity contribution < 1.29 is 4.79 Å². The number of aromatic nitrogens is 2. The molecule has 0 spiro atoms. The maximum Gasteiger partial charge on any atom is 0.254 e. The molecule has 1 aromatic heterocycles. The van der Waals surface area contributed by atoms with Gasteiger partial charge in [-0.3, -0.25) is 4.79 Å². The number of nitrogens with two attached hydrogens (primary N) is 1. The van der Waals surface area contributed by atoms with E-state index in [1.54, 1.807) is 0 Å². The first kappa shape index (κ1) is 13.7. The van der Waals surface area contributed by atoms with Crippen LogP contribution in [0.1, 0.15) is 21.5 Å². The lowest BCUT2D eigenvalue weighted by Gasteiger charge is -2.04. The van der Waals surface area contributed by atoms with Gasteiger partial charge < -0.3 is 11.1 Å². The number of nitrogens with zero attached hydrogens (tertiary/aromatic N) is 2. The van der Waals surface area contributed by atoms with E-state index >= 15 is 0 Å². The van der Waals surface area contributed by atoms with E-state index in [1.807, 2.05) is 24.3 Å². The van der Waals surface area contributed by atoms with Gasteiger partial charge in [0.2, 0.25) is 0 Å². The molecule has 0 unspecified atom stereocenters. The highest BCUT2D eigenvalue weighted by atomic mass is 16.1. The Hall–Kier alpha value is -2.71. The minimum Gasteiger partial charge on any atom is -0.348 e. The van der Waals surface area contributed by atoms with E-state index in [0.29, 0.717) is 18.7 Å². The predicted octanol–water partition coefficient (Wildman–Crippen LogP) is 0.717. The summed E-state index contributed by atoms with van der Waals surface area (Å²) in [6.45, 7) is 0.787. The molecule has 0 aliphatic rings. The number of amides is 1. The first-order valence-corrected chi connectivity index (χ1v) is 6.10. The summed E-state index contributed by atoms with van der Waals surface area (Å²) in [7, 11) is 0. The average Bonchev–Trinajstić information content (AvgIpc) is 2.52. The van der Waals surface area contributed by atoms with E-state index < -0.39 is 0 Å². The lowest BCUT2D eigenvalue weighted by atomic mass is 10.1. The monoisotopic (exact) mass is 266 g/mol. The van der Waals surface area contributed by atoms with Crippen LogP contribution >= 0.6 is 0 Å². The summed E-state index contributed by atoms with van der Waals surface area (Å²) in [5.41, 5.74) is 7.65. The van der Waals surface area contributed by atoms with E-state index in [4.69, 9.17) is 5.73 Å². The Morgan fingerprint density at radius 2 is 1.90 bits per heavy atom. The fourth-order valence-electron chi connectivity index (χ4n) is 1.56. The van der Waals surface area contributed by atoms with Crippen LogP contribution in [0.3, 0.4) is 0 Å². The van der Waals surface area contributed by atoms with Crippen molar-refractivity contribution >= 4 is 5.91 Å². The lowest BCUT2D eigenvalue weighted by Crippen LogP contribution is -2.23. The zero-order valence-corrected chi connectivity index (χ0v) is 10.8. The third kappa shape index (κ3) is 3.90. The van der Waals surface area contributed by atoms with Gasteiger partial charge in [-0.05, 0) is 17.7 Å². The highest BCUT2D eigenvalue weighted by Crippen LogP contribution is 2.03. The second-order valence-electron chi connectivity index (χ2n) is 4.01. The second-order valence-corrected chi connectivity index (χ2v) is 4.01. The van der Waals surface area contributed by atoms with Crippen LogP contribution in [-0.4, -0.2) is 22.4 Å². The number of rotatable bonds is 3. The Morgan fingerprint density at radius 1 is 1.20 bits per heavy atom. The molecule has 0 radical (unpaired) electrons. The van der Waals surface area contributed by atoms with E-state index in [0.717, 1.165) is 11.1 Å². The summed E-state index contributed by atoms with van der Waals surface area (Å²) >= 11 is 0. The SMILES string of the molecule is NCC#Cc1ccc(CNC(=O)c2cncnc2)cc1. The van der Waals surface area contributed by atoms with Gasteiger partial charge in [-0.15, -0.1) is 0 Å². The van der Waals surface area contributed by atoms with Crippen molar-refractivity contribution in [1.29, 1.82) is 0 Å². The van der Waals surface area contributed by atoms with Crippen LogP contribution in [0.2, 0.25) is 0 Å². The zero-order chi connectivity index (χ0) is 14.2. The smallest absolute Gasteiger partial charge is 0.254 e. The first-order chi connectivity index (χ1) is 9.79. The molecule has 2 aromatic rings. The van der Waals surface area contributed by atoms with Gasteiger partial charge in [0, 0.05) is 24.5 Å². The molecule has 100 valence electrons. The Kier molecular flexibility index (Phi) is 4.81. The van der Waals surface area contributed by atoms with Crippen LogP contribution < -0.4 is 11.1 Å². The molecule has 0 fully saturated rings. The van der Waals surface area contributed by atoms with Gasteiger partial charge in [-0.2, -0.15) is 0 Å². The lowest BCUT2D eigenvalue weighted by molar-refractivity contribution is 0.0950. The van der Waals surface area contributed by atoms with Gasteiger partial charge in [-0.1, -0.05) is 24.0 Å². The summed E-state index contributed by atoms with van der Waals surface area (Å²) in [5, 5.41) is 2.80. The summed E-state index contributed by atoms with van der Waals surface area (Å²) in [4.78, 5) is 19.4. The third-order valence-corrected chi connectivity index (χ3v) is 2.56. The van der Waals surface area contributed by atoms with Crippen molar-refractivity contribution in [1.82, 2.24) is 15.3 Å². The standard InChI is InChI=1S/C15H14N4O/c16-7-1-2-12-3-5-13(6-4-12)8-19-15(20)14-9-17-11-18-10-14/h3-6,9-11H,7-8,16H2,(H,19,20). The first-order valence-electron chi connectivity index (χ1n) is 6.10. The van der Waals surface area contributed by atoms with Crippen molar-refractivity contribution in [3.05, 3.63) is 59.7 Å². The zero-order valence-electron chi connectivity index (χ0n) is 10.8. The second kappa shape index (κ2) is 7.02. The van der Waals surface area contributed by atoms with E-state index in [-0.39, 0.29) is 5.91 Å². The fraction of sp³-hybridized carbons (Fsp3) is 0.133. The van der Waals surface area contributed by atoms with Crippen molar-refractivity contribution in [2.24, 2.45) is 5.73 Å². The van der Waals surface area contributed by atoms with Crippen LogP contribution in [0.15, 0.2) is 43.0 Å². The maximum atomic E-state index is 11.8. The van der Waals surface area contributed by atoms with Crippen molar-refractivity contribution in [3.8, 4) is 11.8 Å². The summed E-state index contributed by atoms with van der Waals surface area (Å²) < 4.78 is 0. The van der Waals surface area contributed by atoms with Crippen LogP contribution in [-0.2, 0) is 6.54 Å². The topological polar surface area (TPSA) is 80.9 Å². The molecule has 0 aliphatic heterocycles. The Balaban J connectivity index is 1.93. The van der Waals surface area contributed by atoms with Gasteiger partial charge in [0.25, 0.3) is 5.91 Å². The molecule has 5 heteroatoms. The van der Waals surface area contributed by atoms with Crippen LogP contribution in [0.25, 0.3) is 0 Å². The van der Waals surface area contributed by atoms with Gasteiger partial charge in [-0.25, -0.2) is 9.97 Å². The molecule has 1 heterocycles. The number of hydrogen-bond donors (Lipinski definition) is 2. The van der Waals surface area contributed by atoms with Crippen molar-refractivity contribution in [2.75, 3.05) is 6.54 Å². The number of nitrogens with one attached hydrogen (secondary N) is 1. The van der Waals surface area contributed by atoms with Crippen LogP contribution in [0.4, 0.5) is 0 Å². The number of carbonyl (C=O) groups is 1. The number of benzene rings is 1. The summed E-state index contributed by atoms with van der Waals surface area (Å²) in [6.07, 6.45) is 4.35. The third-order valence-electron chi connectivity index (χ3n) is 2.56. The molecule has 1 amide bonds. The van der Waals surface area contributed by atoms with Gasteiger partial charge in [0.1, 0.15) is 6.33 Å². The average molecular weight is 266 g/mol. The molecule has 1 aromatic carbocycles. The molecule has 20 heavy (non-hydrogen) atoms. The molecule has 0 saturated carbocycles. The largest absolute Gasteiger partial charge is 0.348 e. The van der Waals surface area contributed by atoms with Gasteiger partial charge in [0.15, 0.2) is 0 Å². The Bertz CT molecular complexity index is 626. The van der Waals surface area contributed by atoms with E-state index in [2.05, 4.69) is 27.1 Å². The quantitative estimate of drug-likeness (QED) is 0.802. The molecule has 0 bridgehead atoms. The summed E-state index contributed by atoms with van der Waals surface area (Å²) in [5.74, 6) is 5.54. The molecular weight excluding hydrogens is 252 g/mol. The van der Waals surface area contributed by atoms with Crippen molar-refractivity contribution in [2.45, 2.75) is 6.54 Å². The molecule has 0 saturated heterocycles. The fourth-order valence-corrected chi connectivity index (χ4v) is 1.56. The minimum atomic E-state index is -0.197. The Labute approximate surface area is 117 Å². The van der Waals surface area contributed by atoms with Crippen LogP contribution in [0, 0.1) is 11.8 Å². The van der Waals surface area contributed by atoms with Gasteiger partial charge >= 0.3 is 0 Å². The highest BCUT2D eigenvalue weighted by Gasteiger charge is 2.04. The minimum absolute atomic E-state index is 0.197. The molecule has 3 N–H and O–H groups in total. The van der Waals surface area contributed by atoms with Gasteiger partial charge in [0.05, 0.1) is 12.1 Å². The van der Waals surface area contributed by atoms with Crippen molar-refractivity contribution in [3.63, 3.8) is 0 Å². The molecule has 0 aliphatic carbocycles. The van der Waals surface area contributed by atoms with Crippen LogP contribution in [0.5, 0.6) is 0 Å². The molecular formula is C15H14N4O. The molecule has 0 atom stereocenters. The van der Waals surface area contributed by atoms with E-state index in [1.165, 1.54) is 18.7 Å². The van der Waals surface area contributed by atoms with E-state index in [9.17, 15) is 4.79 Å². The number of carbonyl (C=O) groups excluding carboxylic acids is 1. The maximum absolute atomic E-state index is 11.8. The molecule has 2 rings (SSSR count). The number of hydrogen-bond acceptors (Lipinski definition) is 4. The highest BCUT2D eigenvalue weighted by molar-refractivity contribution is 5.93. The summed E-state index contributed by atoms with van der Waals surface area (Å²) in [6, 6.07) is 7.64. The normalized spacial score (nSPS) is 9.45. The molecule has 5 nitrogen and oxygen atoms in total. The Morgan fingerprint density at radius 3 is 2.55 bits per heavy atom.